The summed E-state index contributed by atoms with van der Waals surface area (Å²) in [4.78, 5) is 11.9. The Hall–Kier alpha value is -2.35. The lowest BCUT2D eigenvalue weighted by molar-refractivity contribution is 0.104. The summed E-state index contributed by atoms with van der Waals surface area (Å²) in [5, 5.41) is 9.59. The molecule has 0 saturated heterocycles. The fraction of sp³-hybridized carbons (Fsp3) is 0.118. The molecule has 2 aromatic carbocycles. The summed E-state index contributed by atoms with van der Waals surface area (Å²) >= 11 is 0. The number of ketones is 1. The van der Waals surface area contributed by atoms with Crippen molar-refractivity contribution < 1.29 is 9.90 Å². The van der Waals surface area contributed by atoms with Crippen molar-refractivity contribution in [3.05, 3.63) is 71.3 Å². The molecule has 2 aromatic rings. The molecular formula is C17H16O2. The van der Waals surface area contributed by atoms with Gasteiger partial charge in [0.05, 0.1) is 5.56 Å². The van der Waals surface area contributed by atoms with Crippen LogP contribution >= 0.6 is 0 Å². The van der Waals surface area contributed by atoms with Crippen LogP contribution in [0.15, 0.2) is 54.6 Å². The van der Waals surface area contributed by atoms with Gasteiger partial charge in [-0.25, -0.2) is 0 Å². The Labute approximate surface area is 113 Å². The van der Waals surface area contributed by atoms with Gasteiger partial charge in [0, 0.05) is 0 Å². The zero-order chi connectivity index (χ0) is 13.7. The van der Waals surface area contributed by atoms with E-state index in [4.69, 9.17) is 0 Å². The molecule has 0 spiro atoms. The van der Waals surface area contributed by atoms with Gasteiger partial charge >= 0.3 is 0 Å². The number of phenols is 1. The smallest absolute Gasteiger partial charge is 0.189 e. The number of allylic oxidation sites excluding steroid dienone is 1. The molecule has 2 rings (SSSR count). The Morgan fingerprint density at radius 2 is 1.79 bits per heavy atom. The number of aromatic hydroxyl groups is 1. The van der Waals surface area contributed by atoms with E-state index in [0.717, 1.165) is 12.0 Å². The molecule has 0 saturated carbocycles. The third kappa shape index (κ3) is 3.32. The Morgan fingerprint density at radius 1 is 1.11 bits per heavy atom. The van der Waals surface area contributed by atoms with E-state index >= 15 is 0 Å². The Morgan fingerprint density at radius 3 is 2.42 bits per heavy atom. The summed E-state index contributed by atoms with van der Waals surface area (Å²) in [6, 6.07) is 14.6. The van der Waals surface area contributed by atoms with Crippen molar-refractivity contribution in [1.29, 1.82) is 0 Å². The monoisotopic (exact) mass is 252 g/mol. The molecule has 0 heterocycles. The highest BCUT2D eigenvalue weighted by molar-refractivity contribution is 6.08. The normalized spacial score (nSPS) is 10.8. The highest BCUT2D eigenvalue weighted by Crippen LogP contribution is 2.17. The van der Waals surface area contributed by atoms with E-state index in [9.17, 15) is 9.90 Å². The number of carbonyl (C=O) groups excluding carboxylic acids is 1. The van der Waals surface area contributed by atoms with Gasteiger partial charge in [-0.15, -0.1) is 0 Å². The molecule has 0 amide bonds. The van der Waals surface area contributed by atoms with Crippen LogP contribution in [0.3, 0.4) is 0 Å². The van der Waals surface area contributed by atoms with E-state index in [-0.39, 0.29) is 11.5 Å². The second-order valence-corrected chi connectivity index (χ2v) is 4.31. The standard InChI is InChI=1S/C17H16O2/c1-2-13-7-9-14(10-8-13)11-12-17(19)15-5-3-4-6-16(15)18/h3-12,18H,2H2,1H3. The van der Waals surface area contributed by atoms with Crippen molar-refractivity contribution in [2.75, 3.05) is 0 Å². The van der Waals surface area contributed by atoms with Gasteiger partial charge in [0.2, 0.25) is 0 Å². The third-order valence-corrected chi connectivity index (χ3v) is 2.98. The summed E-state index contributed by atoms with van der Waals surface area (Å²) in [5.41, 5.74) is 2.56. The molecular weight excluding hydrogens is 236 g/mol. The van der Waals surface area contributed by atoms with Gasteiger partial charge in [-0.05, 0) is 35.8 Å². The van der Waals surface area contributed by atoms with Gasteiger partial charge in [0.25, 0.3) is 0 Å². The first-order chi connectivity index (χ1) is 9.20. The van der Waals surface area contributed by atoms with E-state index in [0.29, 0.717) is 5.56 Å². The predicted molar refractivity (Wildman–Crippen MR) is 77.3 cm³/mol. The van der Waals surface area contributed by atoms with Gasteiger partial charge in [-0.1, -0.05) is 49.4 Å². The third-order valence-electron chi connectivity index (χ3n) is 2.98. The summed E-state index contributed by atoms with van der Waals surface area (Å²) < 4.78 is 0. The van der Waals surface area contributed by atoms with E-state index in [1.807, 2.05) is 24.3 Å². The van der Waals surface area contributed by atoms with Crippen LogP contribution in [0.25, 0.3) is 6.08 Å². The fourth-order valence-corrected chi connectivity index (χ4v) is 1.81. The number of aryl methyl sites for hydroxylation is 1. The second kappa shape index (κ2) is 6.01. The number of para-hydroxylation sites is 1. The lowest BCUT2D eigenvalue weighted by Gasteiger charge is -1.99. The van der Waals surface area contributed by atoms with E-state index in [1.165, 1.54) is 17.7 Å². The van der Waals surface area contributed by atoms with Crippen molar-refractivity contribution in [3.63, 3.8) is 0 Å². The lowest BCUT2D eigenvalue weighted by Crippen LogP contribution is -1.94. The Balaban J connectivity index is 2.14. The van der Waals surface area contributed by atoms with Gasteiger partial charge in [0.1, 0.15) is 5.75 Å². The van der Waals surface area contributed by atoms with Crippen LogP contribution in [0.5, 0.6) is 5.75 Å². The van der Waals surface area contributed by atoms with Crippen LogP contribution in [0.4, 0.5) is 0 Å². The largest absolute Gasteiger partial charge is 0.507 e. The minimum Gasteiger partial charge on any atom is -0.507 e. The van der Waals surface area contributed by atoms with Crippen LogP contribution < -0.4 is 0 Å². The molecule has 0 aromatic heterocycles. The van der Waals surface area contributed by atoms with Crippen molar-refractivity contribution in [2.24, 2.45) is 0 Å². The van der Waals surface area contributed by atoms with Gasteiger partial charge in [0.15, 0.2) is 5.78 Å². The highest BCUT2D eigenvalue weighted by Gasteiger charge is 2.06. The van der Waals surface area contributed by atoms with Gasteiger partial charge < -0.3 is 5.11 Å². The zero-order valence-corrected chi connectivity index (χ0v) is 10.8. The summed E-state index contributed by atoms with van der Waals surface area (Å²) in [6.45, 7) is 2.10. The van der Waals surface area contributed by atoms with E-state index in [1.54, 1.807) is 24.3 Å². The van der Waals surface area contributed by atoms with Crippen molar-refractivity contribution in [3.8, 4) is 5.75 Å². The van der Waals surface area contributed by atoms with Crippen molar-refractivity contribution in [2.45, 2.75) is 13.3 Å². The SMILES string of the molecule is CCc1ccc(C=CC(=O)c2ccccc2O)cc1. The Kier molecular flexibility index (Phi) is 4.14. The average Bonchev–Trinajstić information content (AvgIpc) is 2.46. The molecule has 0 radical (unpaired) electrons. The second-order valence-electron chi connectivity index (χ2n) is 4.31. The summed E-state index contributed by atoms with van der Waals surface area (Å²) in [7, 11) is 0. The fourth-order valence-electron chi connectivity index (χ4n) is 1.81. The topological polar surface area (TPSA) is 37.3 Å². The first-order valence-electron chi connectivity index (χ1n) is 6.30. The lowest BCUT2D eigenvalue weighted by atomic mass is 10.1. The van der Waals surface area contributed by atoms with Crippen molar-refractivity contribution in [1.82, 2.24) is 0 Å². The molecule has 2 heteroatoms. The molecule has 0 aliphatic heterocycles. The molecule has 1 N–H and O–H groups in total. The van der Waals surface area contributed by atoms with Gasteiger partial charge in [-0.3, -0.25) is 4.79 Å². The Bertz CT molecular complexity index is 595. The first kappa shape index (κ1) is 13.1. The number of benzene rings is 2. The maximum Gasteiger partial charge on any atom is 0.189 e. The summed E-state index contributed by atoms with van der Waals surface area (Å²) in [6.07, 6.45) is 4.24. The number of carbonyl (C=O) groups is 1. The van der Waals surface area contributed by atoms with E-state index in [2.05, 4.69) is 6.92 Å². The van der Waals surface area contributed by atoms with Crippen LogP contribution in [0.1, 0.15) is 28.4 Å². The van der Waals surface area contributed by atoms with Crippen LogP contribution in [0.2, 0.25) is 0 Å². The van der Waals surface area contributed by atoms with Crippen LogP contribution in [0, 0.1) is 0 Å². The molecule has 0 fully saturated rings. The molecule has 19 heavy (non-hydrogen) atoms. The molecule has 0 aliphatic carbocycles. The number of phenolic OH excluding ortho intramolecular Hbond substituents is 1. The quantitative estimate of drug-likeness (QED) is 0.663. The maximum atomic E-state index is 11.9. The van der Waals surface area contributed by atoms with Crippen LogP contribution in [-0.4, -0.2) is 10.9 Å². The highest BCUT2D eigenvalue weighted by atomic mass is 16.3. The van der Waals surface area contributed by atoms with Crippen molar-refractivity contribution >= 4 is 11.9 Å². The number of rotatable bonds is 4. The zero-order valence-electron chi connectivity index (χ0n) is 10.8. The maximum absolute atomic E-state index is 11.9. The molecule has 96 valence electrons. The minimum atomic E-state index is -0.197. The van der Waals surface area contributed by atoms with Crippen LogP contribution in [-0.2, 0) is 6.42 Å². The number of hydrogen-bond donors (Lipinski definition) is 1. The minimum absolute atomic E-state index is 0.0125. The molecule has 0 aliphatic rings. The van der Waals surface area contributed by atoms with Gasteiger partial charge in [-0.2, -0.15) is 0 Å². The molecule has 0 unspecified atom stereocenters. The molecule has 0 bridgehead atoms. The molecule has 2 nitrogen and oxygen atoms in total. The molecule has 0 atom stereocenters. The number of hydrogen-bond acceptors (Lipinski definition) is 2. The first-order valence-corrected chi connectivity index (χ1v) is 6.30. The van der Waals surface area contributed by atoms with E-state index < -0.39 is 0 Å². The predicted octanol–water partition coefficient (Wildman–Crippen LogP) is 3.85. The summed E-state index contributed by atoms with van der Waals surface area (Å²) in [5.74, 6) is -0.184. The average molecular weight is 252 g/mol.